The third-order valence-electron chi connectivity index (χ3n) is 4.15. The molecule has 1 aliphatic heterocycles. The predicted octanol–water partition coefficient (Wildman–Crippen LogP) is 0.0116. The number of methoxy groups -OCH3 is 1. The molecule has 1 aromatic rings. The summed E-state index contributed by atoms with van der Waals surface area (Å²) >= 11 is 0. The fourth-order valence-electron chi connectivity index (χ4n) is 2.76. The van der Waals surface area contributed by atoms with Gasteiger partial charge in [-0.2, -0.15) is 4.31 Å². The van der Waals surface area contributed by atoms with Gasteiger partial charge in [0.2, 0.25) is 10.0 Å². The second-order valence-electron chi connectivity index (χ2n) is 6.11. The van der Waals surface area contributed by atoms with Gasteiger partial charge in [0.25, 0.3) is 5.91 Å². The van der Waals surface area contributed by atoms with Crippen molar-refractivity contribution in [2.75, 3.05) is 52.0 Å². The number of hydrogen-bond donors (Lipinski definition) is 0. The van der Waals surface area contributed by atoms with Crippen molar-refractivity contribution in [2.45, 2.75) is 6.04 Å². The van der Waals surface area contributed by atoms with Gasteiger partial charge >= 0.3 is 5.97 Å². The maximum absolute atomic E-state index is 12.7. The van der Waals surface area contributed by atoms with Crippen LogP contribution in [0.5, 0.6) is 0 Å². The zero-order valence-corrected chi connectivity index (χ0v) is 15.6. The quantitative estimate of drug-likeness (QED) is 0.695. The third-order valence-corrected chi connectivity index (χ3v) is 5.44. The van der Waals surface area contributed by atoms with Crippen LogP contribution in [0.4, 0.5) is 5.69 Å². The van der Waals surface area contributed by atoms with Crippen molar-refractivity contribution in [3.05, 3.63) is 29.8 Å². The van der Waals surface area contributed by atoms with Gasteiger partial charge in [0.05, 0.1) is 13.4 Å². The molecule has 0 saturated carbocycles. The fourth-order valence-corrected chi connectivity index (χ4v) is 3.79. The van der Waals surface area contributed by atoms with Crippen LogP contribution in [0.2, 0.25) is 0 Å². The summed E-state index contributed by atoms with van der Waals surface area (Å²) in [5.41, 5.74) is 1.45. The smallest absolute Gasteiger partial charge is 0.326 e. The van der Waals surface area contributed by atoms with Gasteiger partial charge in [-0.1, -0.05) is 0 Å². The molecule has 0 N–H and O–H groups in total. The molecule has 1 unspecified atom stereocenters. The number of hydrogen-bond acceptors (Lipinski definition) is 6. The Bertz CT molecular complexity index is 746. The van der Waals surface area contributed by atoms with Crippen molar-refractivity contribution < 1.29 is 22.7 Å². The summed E-state index contributed by atoms with van der Waals surface area (Å²) in [6.45, 7) is 0.239. The van der Waals surface area contributed by atoms with Gasteiger partial charge in [0.1, 0.15) is 6.04 Å². The first-order valence-electron chi connectivity index (χ1n) is 7.76. The highest BCUT2D eigenvalue weighted by Crippen LogP contribution is 2.19. The minimum atomic E-state index is -3.57. The largest absolute Gasteiger partial charge is 0.468 e. The molecule has 1 heterocycles. The molecule has 1 aliphatic rings. The van der Waals surface area contributed by atoms with E-state index >= 15 is 0 Å². The highest BCUT2D eigenvalue weighted by molar-refractivity contribution is 7.88. The van der Waals surface area contributed by atoms with Crippen molar-refractivity contribution in [2.24, 2.45) is 0 Å². The van der Waals surface area contributed by atoms with Crippen molar-refractivity contribution in [1.29, 1.82) is 0 Å². The Hall–Kier alpha value is -2.13. The summed E-state index contributed by atoms with van der Waals surface area (Å²) in [6.07, 6.45) is 1.04. The summed E-state index contributed by atoms with van der Waals surface area (Å²) in [7, 11) is 1.44. The molecule has 9 heteroatoms. The Balaban J connectivity index is 2.20. The summed E-state index contributed by atoms with van der Waals surface area (Å²) in [5, 5.41) is 0. The first kappa shape index (κ1) is 19.2. The Kier molecular flexibility index (Phi) is 5.69. The minimum absolute atomic E-state index is 0.0337. The number of carbonyl (C=O) groups is 2. The van der Waals surface area contributed by atoms with Crippen molar-refractivity contribution in [1.82, 2.24) is 9.21 Å². The Morgan fingerprint density at radius 3 is 2.24 bits per heavy atom. The average Bonchev–Trinajstić information content (AvgIpc) is 2.59. The van der Waals surface area contributed by atoms with Gasteiger partial charge in [-0.3, -0.25) is 9.59 Å². The summed E-state index contributed by atoms with van der Waals surface area (Å²) < 4.78 is 29.5. The van der Waals surface area contributed by atoms with Crippen molar-refractivity contribution >= 4 is 27.6 Å². The normalized spacial score (nSPS) is 18.7. The molecule has 25 heavy (non-hydrogen) atoms. The van der Waals surface area contributed by atoms with E-state index in [0.29, 0.717) is 5.56 Å². The van der Waals surface area contributed by atoms with Crippen LogP contribution in [-0.2, 0) is 19.6 Å². The first-order chi connectivity index (χ1) is 11.6. The van der Waals surface area contributed by atoms with E-state index in [9.17, 15) is 18.0 Å². The molecule has 0 aromatic heterocycles. The summed E-state index contributed by atoms with van der Waals surface area (Å²) in [4.78, 5) is 28.1. The second kappa shape index (κ2) is 7.40. The van der Waals surface area contributed by atoms with E-state index in [2.05, 4.69) is 0 Å². The Morgan fingerprint density at radius 2 is 1.76 bits per heavy atom. The minimum Gasteiger partial charge on any atom is -0.468 e. The Morgan fingerprint density at radius 1 is 1.16 bits per heavy atom. The lowest BCUT2D eigenvalue weighted by molar-refractivity contribution is -0.146. The van der Waals surface area contributed by atoms with Crippen molar-refractivity contribution in [3.63, 3.8) is 0 Å². The number of rotatable bonds is 4. The number of amides is 1. The van der Waals surface area contributed by atoms with Crippen molar-refractivity contribution in [3.8, 4) is 0 Å². The molecular weight excluding hydrogens is 346 g/mol. The zero-order valence-electron chi connectivity index (χ0n) is 14.8. The summed E-state index contributed by atoms with van der Waals surface area (Å²) in [5.74, 6) is -0.918. The molecule has 138 valence electrons. The lowest BCUT2D eigenvalue weighted by Crippen LogP contribution is -2.59. The third kappa shape index (κ3) is 4.29. The van der Waals surface area contributed by atoms with Gasteiger partial charge in [0, 0.05) is 45.0 Å². The average molecular weight is 369 g/mol. The number of nitrogens with zero attached hydrogens (tertiary/aromatic N) is 3. The fraction of sp³-hybridized carbons (Fsp3) is 0.500. The van der Waals surface area contributed by atoms with E-state index < -0.39 is 22.0 Å². The number of esters is 1. The standard InChI is InChI=1S/C16H23N3O5S/c1-17(2)13-7-5-12(6-8-13)15(20)18-9-10-19(25(4,22)23)14(11-18)16(21)24-3/h5-8,14H,9-11H2,1-4H3. The highest BCUT2D eigenvalue weighted by atomic mass is 32.2. The molecule has 8 nitrogen and oxygen atoms in total. The molecule has 1 atom stereocenters. The molecule has 0 radical (unpaired) electrons. The van der Waals surface area contributed by atoms with Crippen LogP contribution in [0.15, 0.2) is 24.3 Å². The first-order valence-corrected chi connectivity index (χ1v) is 9.61. The van der Waals surface area contributed by atoms with Crippen LogP contribution in [-0.4, -0.2) is 82.6 Å². The van der Waals surface area contributed by atoms with Gasteiger partial charge < -0.3 is 14.5 Å². The molecule has 2 rings (SSSR count). The summed E-state index contributed by atoms with van der Waals surface area (Å²) in [6, 6.07) is 6.07. The van der Waals surface area contributed by atoms with Crippen LogP contribution < -0.4 is 4.90 Å². The van der Waals surface area contributed by atoms with Gasteiger partial charge in [-0.15, -0.1) is 0 Å². The van der Waals surface area contributed by atoms with E-state index in [0.717, 1.165) is 16.2 Å². The number of benzene rings is 1. The van der Waals surface area contributed by atoms with Crippen LogP contribution >= 0.6 is 0 Å². The van der Waals surface area contributed by atoms with E-state index in [1.807, 2.05) is 31.1 Å². The molecule has 1 amide bonds. The molecule has 0 spiro atoms. The van der Waals surface area contributed by atoms with Crippen LogP contribution in [0, 0.1) is 0 Å². The zero-order chi connectivity index (χ0) is 18.8. The monoisotopic (exact) mass is 369 g/mol. The SMILES string of the molecule is COC(=O)C1CN(C(=O)c2ccc(N(C)C)cc2)CCN1S(C)(=O)=O. The lowest BCUT2D eigenvalue weighted by Gasteiger charge is -2.38. The number of ether oxygens (including phenoxy) is 1. The molecule has 1 fully saturated rings. The topological polar surface area (TPSA) is 87.2 Å². The second-order valence-corrected chi connectivity index (χ2v) is 8.04. The predicted molar refractivity (Wildman–Crippen MR) is 94.0 cm³/mol. The van der Waals surface area contributed by atoms with Gasteiger partial charge in [-0.25, -0.2) is 8.42 Å². The van der Waals surface area contributed by atoms with Crippen LogP contribution in [0.25, 0.3) is 0 Å². The van der Waals surface area contributed by atoms with Crippen LogP contribution in [0.3, 0.4) is 0 Å². The Labute approximate surface area is 148 Å². The van der Waals surface area contributed by atoms with E-state index in [-0.39, 0.29) is 25.5 Å². The van der Waals surface area contributed by atoms with Gasteiger partial charge in [-0.05, 0) is 24.3 Å². The highest BCUT2D eigenvalue weighted by Gasteiger charge is 2.39. The van der Waals surface area contributed by atoms with Gasteiger partial charge in [0.15, 0.2) is 0 Å². The van der Waals surface area contributed by atoms with Crippen LogP contribution in [0.1, 0.15) is 10.4 Å². The number of piperazine rings is 1. The number of anilines is 1. The number of sulfonamides is 1. The van der Waals surface area contributed by atoms with E-state index in [1.54, 1.807) is 12.1 Å². The van der Waals surface area contributed by atoms with E-state index in [4.69, 9.17) is 4.74 Å². The number of carbonyl (C=O) groups excluding carboxylic acids is 2. The van der Waals surface area contributed by atoms with E-state index in [1.165, 1.54) is 12.0 Å². The maximum Gasteiger partial charge on any atom is 0.326 e. The molecule has 0 bridgehead atoms. The lowest BCUT2D eigenvalue weighted by atomic mass is 10.1. The maximum atomic E-state index is 12.7. The molecule has 0 aliphatic carbocycles. The molecule has 1 saturated heterocycles. The molecular formula is C16H23N3O5S. The molecule has 1 aromatic carbocycles.